The smallest absolute Gasteiger partial charge is 0.00715 e. The van der Waals surface area contributed by atoms with Gasteiger partial charge >= 0.3 is 0 Å². The minimum atomic E-state index is 1.06. The summed E-state index contributed by atoms with van der Waals surface area (Å²) in [5, 5.41) is 1.81. The van der Waals surface area contributed by atoms with Crippen LogP contribution in [0.2, 0.25) is 0 Å². The highest BCUT2D eigenvalue weighted by molar-refractivity contribution is 7.80. The SMILES string of the molecule is CCCCC(=S)CCCCC=S. The third-order valence-electron chi connectivity index (χ3n) is 1.84. The third-order valence-corrected chi connectivity index (χ3v) is 2.48. The molecule has 70 valence electrons. The van der Waals surface area contributed by atoms with Crippen LogP contribution in [0.5, 0.6) is 0 Å². The molecule has 0 spiro atoms. The highest BCUT2D eigenvalue weighted by atomic mass is 32.1. The van der Waals surface area contributed by atoms with E-state index in [0.717, 1.165) is 19.3 Å². The molecule has 0 aliphatic rings. The first-order chi connectivity index (χ1) is 5.81. The van der Waals surface area contributed by atoms with Crippen LogP contribution in [-0.4, -0.2) is 10.2 Å². The van der Waals surface area contributed by atoms with E-state index in [1.165, 1.54) is 30.5 Å². The lowest BCUT2D eigenvalue weighted by molar-refractivity contribution is 0.780. The lowest BCUT2D eigenvalue weighted by atomic mass is 10.1. The Morgan fingerprint density at radius 2 is 1.83 bits per heavy atom. The minimum Gasteiger partial charge on any atom is -0.0935 e. The first-order valence-corrected chi connectivity index (χ1v) is 5.64. The van der Waals surface area contributed by atoms with Crippen molar-refractivity contribution in [2.75, 3.05) is 0 Å². The Balaban J connectivity index is 3.13. The van der Waals surface area contributed by atoms with Gasteiger partial charge in [0.2, 0.25) is 0 Å². The van der Waals surface area contributed by atoms with Gasteiger partial charge in [0.05, 0.1) is 0 Å². The molecule has 0 N–H and O–H groups in total. The van der Waals surface area contributed by atoms with Gasteiger partial charge in [0.15, 0.2) is 0 Å². The highest BCUT2D eigenvalue weighted by Crippen LogP contribution is 2.06. The predicted octanol–water partition coefficient (Wildman–Crippen LogP) is 4.11. The molecule has 0 saturated heterocycles. The van der Waals surface area contributed by atoms with Crippen molar-refractivity contribution < 1.29 is 0 Å². The van der Waals surface area contributed by atoms with E-state index in [4.69, 9.17) is 24.4 Å². The van der Waals surface area contributed by atoms with Crippen molar-refractivity contribution in [2.24, 2.45) is 0 Å². The van der Waals surface area contributed by atoms with E-state index < -0.39 is 0 Å². The fourth-order valence-electron chi connectivity index (χ4n) is 1.05. The lowest BCUT2D eigenvalue weighted by Crippen LogP contribution is -1.94. The summed E-state index contributed by atoms with van der Waals surface area (Å²) in [5.74, 6) is 0. The molecule has 2 heteroatoms. The summed E-state index contributed by atoms with van der Waals surface area (Å²) in [4.78, 5) is 1.25. The van der Waals surface area contributed by atoms with Gasteiger partial charge in [-0.05, 0) is 48.8 Å². The van der Waals surface area contributed by atoms with Gasteiger partial charge in [-0.3, -0.25) is 0 Å². The van der Waals surface area contributed by atoms with E-state index in [1.54, 1.807) is 0 Å². The Kier molecular flexibility index (Phi) is 9.41. The Bertz CT molecular complexity index is 130. The maximum Gasteiger partial charge on any atom is -0.00715 e. The molecule has 0 atom stereocenters. The molecule has 0 rings (SSSR count). The van der Waals surface area contributed by atoms with Crippen LogP contribution in [0.3, 0.4) is 0 Å². The molecular formula is C10H18S2. The van der Waals surface area contributed by atoms with Crippen LogP contribution in [0.25, 0.3) is 0 Å². The molecule has 0 heterocycles. The van der Waals surface area contributed by atoms with Gasteiger partial charge < -0.3 is 0 Å². The van der Waals surface area contributed by atoms with Gasteiger partial charge in [-0.2, -0.15) is 0 Å². The summed E-state index contributed by atoms with van der Waals surface area (Å²) in [6, 6.07) is 0. The summed E-state index contributed by atoms with van der Waals surface area (Å²) < 4.78 is 0. The molecule has 0 radical (unpaired) electrons. The van der Waals surface area contributed by atoms with E-state index in [-0.39, 0.29) is 0 Å². The molecule has 0 unspecified atom stereocenters. The summed E-state index contributed by atoms with van der Waals surface area (Å²) in [5.41, 5.74) is 0. The molecule has 12 heavy (non-hydrogen) atoms. The zero-order valence-corrected chi connectivity index (χ0v) is 9.48. The zero-order valence-electron chi connectivity index (χ0n) is 7.84. The monoisotopic (exact) mass is 202 g/mol. The van der Waals surface area contributed by atoms with Crippen LogP contribution in [0.4, 0.5) is 0 Å². The molecule has 0 aliphatic heterocycles. The first kappa shape index (κ1) is 12.2. The van der Waals surface area contributed by atoms with Crippen molar-refractivity contribution in [2.45, 2.75) is 51.9 Å². The summed E-state index contributed by atoms with van der Waals surface area (Å²) >= 11 is 9.98. The zero-order chi connectivity index (χ0) is 9.23. The van der Waals surface area contributed by atoms with Crippen molar-refractivity contribution in [3.8, 4) is 0 Å². The van der Waals surface area contributed by atoms with Gasteiger partial charge in [-0.25, -0.2) is 0 Å². The molecule has 0 aromatic rings. The van der Waals surface area contributed by atoms with Crippen LogP contribution in [0.1, 0.15) is 51.9 Å². The molecule has 0 saturated carbocycles. The average Bonchev–Trinajstić information content (AvgIpc) is 2.09. The molecule has 0 bridgehead atoms. The van der Waals surface area contributed by atoms with E-state index in [0.29, 0.717) is 0 Å². The number of thiocarbonyl (C=S) groups is 2. The maximum atomic E-state index is 5.23. The van der Waals surface area contributed by atoms with Crippen LogP contribution in [-0.2, 0) is 0 Å². The van der Waals surface area contributed by atoms with Gasteiger partial charge in [0.1, 0.15) is 0 Å². The van der Waals surface area contributed by atoms with Crippen molar-refractivity contribution in [3.05, 3.63) is 0 Å². The van der Waals surface area contributed by atoms with Gasteiger partial charge in [-0.15, -0.1) is 0 Å². The molecule has 0 aromatic carbocycles. The first-order valence-electron chi connectivity index (χ1n) is 4.76. The van der Waals surface area contributed by atoms with Crippen molar-refractivity contribution in [1.82, 2.24) is 0 Å². The molecular weight excluding hydrogens is 184 g/mol. The largest absolute Gasteiger partial charge is 0.0935 e. The highest BCUT2D eigenvalue weighted by Gasteiger charge is 1.95. The maximum absolute atomic E-state index is 5.23. The van der Waals surface area contributed by atoms with E-state index >= 15 is 0 Å². The second-order valence-electron chi connectivity index (χ2n) is 3.05. The number of unbranched alkanes of at least 4 members (excludes halogenated alkanes) is 3. The van der Waals surface area contributed by atoms with E-state index in [2.05, 4.69) is 6.92 Å². The van der Waals surface area contributed by atoms with Crippen molar-refractivity contribution >= 4 is 34.7 Å². The van der Waals surface area contributed by atoms with Gasteiger partial charge in [0.25, 0.3) is 0 Å². The Morgan fingerprint density at radius 3 is 2.42 bits per heavy atom. The molecule has 0 aromatic heterocycles. The number of rotatable bonds is 8. The topological polar surface area (TPSA) is 0 Å². The third kappa shape index (κ3) is 8.28. The van der Waals surface area contributed by atoms with E-state index in [1.807, 2.05) is 5.37 Å². The standard InChI is InChI=1S/C10H18S2/c1-2-3-7-10(12)8-5-4-6-9-11/h9H,2-8H2,1H3. The Morgan fingerprint density at radius 1 is 1.17 bits per heavy atom. The van der Waals surface area contributed by atoms with Crippen LogP contribution in [0.15, 0.2) is 0 Å². The van der Waals surface area contributed by atoms with Gasteiger partial charge in [0, 0.05) is 0 Å². The summed E-state index contributed by atoms with van der Waals surface area (Å²) in [7, 11) is 0. The summed E-state index contributed by atoms with van der Waals surface area (Å²) in [6.07, 6.45) is 8.26. The quantitative estimate of drug-likeness (QED) is 0.429. The molecule has 0 fully saturated rings. The van der Waals surface area contributed by atoms with Crippen LogP contribution in [0, 0.1) is 0 Å². The average molecular weight is 202 g/mol. The molecule has 0 aliphatic carbocycles. The second kappa shape index (κ2) is 9.27. The number of hydrogen-bond donors (Lipinski definition) is 0. The van der Waals surface area contributed by atoms with Crippen LogP contribution >= 0.6 is 24.4 Å². The molecule has 0 nitrogen and oxygen atoms in total. The van der Waals surface area contributed by atoms with E-state index in [9.17, 15) is 0 Å². The van der Waals surface area contributed by atoms with Gasteiger partial charge in [-0.1, -0.05) is 37.8 Å². The predicted molar refractivity (Wildman–Crippen MR) is 64.2 cm³/mol. The normalized spacial score (nSPS) is 9.75. The summed E-state index contributed by atoms with van der Waals surface area (Å²) in [6.45, 7) is 2.20. The fraction of sp³-hybridized carbons (Fsp3) is 0.800. The number of hydrogen-bond acceptors (Lipinski definition) is 2. The Labute approximate surface area is 86.7 Å². The van der Waals surface area contributed by atoms with Crippen LogP contribution < -0.4 is 0 Å². The van der Waals surface area contributed by atoms with Crippen molar-refractivity contribution in [1.29, 1.82) is 0 Å². The van der Waals surface area contributed by atoms with Crippen molar-refractivity contribution in [3.63, 3.8) is 0 Å². The fourth-order valence-corrected chi connectivity index (χ4v) is 1.50. The minimum absolute atomic E-state index is 1.06. The lowest BCUT2D eigenvalue weighted by Gasteiger charge is -2.00. The Hall–Kier alpha value is 0.180. The second-order valence-corrected chi connectivity index (χ2v) is 3.97. The molecule has 0 amide bonds.